The fraction of sp³-hybridized carbons (Fsp3) is 0.600. The number of carbonyl (C=O) groups is 1. The number of aromatic nitrogens is 3. The van der Waals surface area contributed by atoms with Crippen LogP contribution in [0, 0.1) is 5.82 Å². The standard InChI is InChI=1S/C20H24Cl2FN5O3/c1-20(2,3)31-19(29)28-10-5-6-11(28)8-27(7-10)17-13-12(9-30-4)24-16(21)14(23)15(13)25-18(22)26-17/h10-11H,5-9H2,1-4H3. The topological polar surface area (TPSA) is 80.7 Å². The number of halogens is 3. The third-order valence-electron chi connectivity index (χ3n) is 5.44. The van der Waals surface area contributed by atoms with E-state index in [1.165, 1.54) is 7.11 Å². The molecule has 2 aliphatic heterocycles. The number of hydrogen-bond donors (Lipinski definition) is 0. The Morgan fingerprint density at radius 1 is 1.16 bits per heavy atom. The van der Waals surface area contributed by atoms with Gasteiger partial charge in [0.2, 0.25) is 5.28 Å². The monoisotopic (exact) mass is 471 g/mol. The highest BCUT2D eigenvalue weighted by Gasteiger charge is 2.45. The minimum absolute atomic E-state index is 0.00367. The molecule has 4 heterocycles. The summed E-state index contributed by atoms with van der Waals surface area (Å²) in [5, 5.41) is 0.0299. The number of methoxy groups -OCH3 is 1. The molecule has 0 aliphatic carbocycles. The molecule has 0 radical (unpaired) electrons. The van der Waals surface area contributed by atoms with Gasteiger partial charge in [0.05, 0.1) is 29.8 Å². The molecule has 2 aliphatic rings. The van der Waals surface area contributed by atoms with Crippen LogP contribution >= 0.6 is 23.2 Å². The predicted molar refractivity (Wildman–Crippen MR) is 115 cm³/mol. The molecule has 2 atom stereocenters. The summed E-state index contributed by atoms with van der Waals surface area (Å²) >= 11 is 12.1. The fourth-order valence-corrected chi connectivity index (χ4v) is 4.68. The molecule has 2 unspecified atom stereocenters. The van der Waals surface area contributed by atoms with Gasteiger partial charge in [-0.25, -0.2) is 19.2 Å². The second kappa shape index (κ2) is 8.18. The summed E-state index contributed by atoms with van der Waals surface area (Å²) in [6, 6.07) is -0.0956. The lowest BCUT2D eigenvalue weighted by molar-refractivity contribution is 0.0123. The van der Waals surface area contributed by atoms with E-state index in [1.807, 2.05) is 30.6 Å². The van der Waals surface area contributed by atoms with Crippen LogP contribution in [0.15, 0.2) is 0 Å². The molecule has 2 fully saturated rings. The normalized spacial score (nSPS) is 21.1. The lowest BCUT2D eigenvalue weighted by Gasteiger charge is -2.42. The summed E-state index contributed by atoms with van der Waals surface area (Å²) in [4.78, 5) is 29.2. The Balaban J connectivity index is 1.73. The number of nitrogens with zero attached hydrogens (tertiary/aromatic N) is 5. The first kappa shape index (κ1) is 22.2. The van der Waals surface area contributed by atoms with Crippen molar-refractivity contribution in [2.75, 3.05) is 25.1 Å². The molecule has 8 nitrogen and oxygen atoms in total. The van der Waals surface area contributed by atoms with Crippen molar-refractivity contribution in [2.45, 2.75) is 57.9 Å². The van der Waals surface area contributed by atoms with E-state index in [-0.39, 0.29) is 40.7 Å². The number of piperazine rings is 1. The summed E-state index contributed by atoms with van der Waals surface area (Å²) in [7, 11) is 1.51. The number of ether oxygens (including phenoxy) is 2. The number of hydrogen-bond acceptors (Lipinski definition) is 7. The largest absolute Gasteiger partial charge is 0.444 e. The maximum Gasteiger partial charge on any atom is 0.410 e. The summed E-state index contributed by atoms with van der Waals surface area (Å²) in [6.07, 6.45) is 1.38. The average Bonchev–Trinajstić information content (AvgIpc) is 2.94. The molecule has 31 heavy (non-hydrogen) atoms. The summed E-state index contributed by atoms with van der Waals surface area (Å²) in [5.74, 6) is -0.289. The van der Waals surface area contributed by atoms with Gasteiger partial charge in [-0.2, -0.15) is 4.98 Å². The van der Waals surface area contributed by atoms with E-state index in [9.17, 15) is 9.18 Å². The van der Waals surface area contributed by atoms with E-state index in [0.717, 1.165) is 12.8 Å². The van der Waals surface area contributed by atoms with E-state index in [0.29, 0.717) is 30.0 Å². The van der Waals surface area contributed by atoms with E-state index in [2.05, 4.69) is 15.0 Å². The SMILES string of the molecule is COCc1nc(Cl)c(F)c2nc(Cl)nc(N3CC4CCC(C3)N4C(=O)OC(C)(C)C)c12. The predicted octanol–water partition coefficient (Wildman–Crippen LogP) is 4.21. The van der Waals surface area contributed by atoms with Crippen LogP contribution < -0.4 is 4.90 Å². The molecular weight excluding hydrogens is 448 g/mol. The van der Waals surface area contributed by atoms with Gasteiger partial charge >= 0.3 is 6.09 Å². The molecule has 2 saturated heterocycles. The Morgan fingerprint density at radius 2 is 1.81 bits per heavy atom. The minimum Gasteiger partial charge on any atom is -0.444 e. The van der Waals surface area contributed by atoms with Crippen molar-refractivity contribution in [1.82, 2.24) is 19.9 Å². The van der Waals surface area contributed by atoms with Crippen molar-refractivity contribution < 1.29 is 18.7 Å². The highest BCUT2D eigenvalue weighted by atomic mass is 35.5. The molecule has 11 heteroatoms. The lowest BCUT2D eigenvalue weighted by Crippen LogP contribution is -2.57. The van der Waals surface area contributed by atoms with Crippen molar-refractivity contribution in [3.8, 4) is 0 Å². The maximum atomic E-state index is 14.8. The minimum atomic E-state index is -0.752. The lowest BCUT2D eigenvalue weighted by atomic mass is 10.1. The van der Waals surface area contributed by atoms with Crippen molar-refractivity contribution in [1.29, 1.82) is 0 Å². The average molecular weight is 472 g/mol. The van der Waals surface area contributed by atoms with Gasteiger partial charge in [-0.15, -0.1) is 0 Å². The quantitative estimate of drug-likeness (QED) is 0.489. The number of pyridine rings is 1. The van der Waals surface area contributed by atoms with E-state index in [1.54, 1.807) is 0 Å². The van der Waals surface area contributed by atoms with Crippen molar-refractivity contribution >= 4 is 46.0 Å². The van der Waals surface area contributed by atoms with Crippen LogP contribution in [0.4, 0.5) is 15.0 Å². The molecule has 168 valence electrons. The Hall–Kier alpha value is -1.97. The van der Waals surface area contributed by atoms with Crippen molar-refractivity contribution in [2.24, 2.45) is 0 Å². The van der Waals surface area contributed by atoms with E-state index >= 15 is 0 Å². The van der Waals surface area contributed by atoms with Crippen LogP contribution in [-0.2, 0) is 16.1 Å². The Bertz CT molecular complexity index is 1020. The molecule has 2 aromatic rings. The molecule has 1 amide bonds. The molecule has 0 spiro atoms. The zero-order valence-electron chi connectivity index (χ0n) is 17.8. The second-order valence-electron chi connectivity index (χ2n) is 8.81. The van der Waals surface area contributed by atoms with Gasteiger partial charge in [0, 0.05) is 20.2 Å². The molecule has 4 rings (SSSR count). The highest BCUT2D eigenvalue weighted by Crippen LogP contribution is 2.38. The smallest absolute Gasteiger partial charge is 0.410 e. The van der Waals surface area contributed by atoms with Crippen LogP contribution in [0.5, 0.6) is 0 Å². The molecular formula is C20H24Cl2FN5O3. The summed E-state index contributed by atoms with van der Waals surface area (Å²) in [6.45, 7) is 6.68. The van der Waals surface area contributed by atoms with Crippen LogP contribution in [0.3, 0.4) is 0 Å². The molecule has 2 bridgehead atoms. The van der Waals surface area contributed by atoms with Gasteiger partial charge in [-0.05, 0) is 45.2 Å². The number of carbonyl (C=O) groups excluding carboxylic acids is 1. The fourth-order valence-electron chi connectivity index (χ4n) is 4.33. The van der Waals surface area contributed by atoms with Crippen molar-refractivity contribution in [3.05, 3.63) is 21.9 Å². The first-order valence-corrected chi connectivity index (χ1v) is 10.8. The van der Waals surface area contributed by atoms with Crippen LogP contribution in [-0.4, -0.2) is 63.8 Å². The van der Waals surface area contributed by atoms with Crippen LogP contribution in [0.2, 0.25) is 10.4 Å². The molecule has 2 aromatic heterocycles. The van der Waals surface area contributed by atoms with Gasteiger partial charge in [-0.1, -0.05) is 11.6 Å². The first-order valence-electron chi connectivity index (χ1n) is 10.1. The van der Waals surface area contributed by atoms with Gasteiger partial charge in [-0.3, -0.25) is 4.90 Å². The Morgan fingerprint density at radius 3 is 2.39 bits per heavy atom. The third-order valence-corrected chi connectivity index (χ3v) is 5.86. The van der Waals surface area contributed by atoms with Gasteiger partial charge in [0.1, 0.15) is 16.9 Å². The Kier molecular flexibility index (Phi) is 5.87. The van der Waals surface area contributed by atoms with Gasteiger partial charge in [0.25, 0.3) is 0 Å². The first-order chi connectivity index (χ1) is 14.6. The zero-order valence-corrected chi connectivity index (χ0v) is 19.3. The molecule has 0 N–H and O–H groups in total. The zero-order chi connectivity index (χ0) is 22.5. The van der Waals surface area contributed by atoms with E-state index < -0.39 is 11.4 Å². The third kappa shape index (κ3) is 4.23. The second-order valence-corrected chi connectivity index (χ2v) is 9.51. The number of amides is 1. The van der Waals surface area contributed by atoms with Crippen LogP contribution in [0.1, 0.15) is 39.3 Å². The molecule has 0 aromatic carbocycles. The maximum absolute atomic E-state index is 14.8. The number of rotatable bonds is 3. The van der Waals surface area contributed by atoms with Gasteiger partial charge in [0.15, 0.2) is 11.0 Å². The van der Waals surface area contributed by atoms with Crippen molar-refractivity contribution in [3.63, 3.8) is 0 Å². The summed E-state index contributed by atoms with van der Waals surface area (Å²) in [5.41, 5.74) is -0.136. The molecule has 0 saturated carbocycles. The van der Waals surface area contributed by atoms with E-state index in [4.69, 9.17) is 32.7 Å². The number of fused-ring (bicyclic) bond motifs is 3. The Labute approximate surface area is 189 Å². The van der Waals surface area contributed by atoms with Crippen LogP contribution in [0.25, 0.3) is 10.9 Å². The number of anilines is 1. The summed E-state index contributed by atoms with van der Waals surface area (Å²) < 4.78 is 25.6. The highest BCUT2D eigenvalue weighted by molar-refractivity contribution is 6.31. The van der Waals surface area contributed by atoms with Gasteiger partial charge < -0.3 is 14.4 Å².